The van der Waals surface area contributed by atoms with E-state index in [4.69, 9.17) is 5.84 Å². The summed E-state index contributed by atoms with van der Waals surface area (Å²) in [6, 6.07) is 0.356. The van der Waals surface area contributed by atoms with Gasteiger partial charge in [0.2, 0.25) is 0 Å². The molecule has 0 aliphatic heterocycles. The number of hydrogen-bond donors (Lipinski definition) is 2. The standard InChI is InChI=1S/C8H16N4/c1-3-8(11-9)4-7-5-10-12(2)6-7/h5-6,8,11H,3-4,9H2,1-2H3. The lowest BCUT2D eigenvalue weighted by molar-refractivity contribution is 0.511. The van der Waals surface area contributed by atoms with Crippen molar-refractivity contribution in [3.63, 3.8) is 0 Å². The van der Waals surface area contributed by atoms with Gasteiger partial charge in [-0.15, -0.1) is 0 Å². The lowest BCUT2D eigenvalue weighted by Gasteiger charge is -2.10. The molecule has 0 bridgehead atoms. The molecular weight excluding hydrogens is 152 g/mol. The molecule has 12 heavy (non-hydrogen) atoms. The molecule has 1 aromatic heterocycles. The van der Waals surface area contributed by atoms with Crippen LogP contribution in [0.1, 0.15) is 18.9 Å². The third-order valence-corrected chi connectivity index (χ3v) is 1.97. The summed E-state index contributed by atoms with van der Waals surface area (Å²) in [7, 11) is 1.92. The van der Waals surface area contributed by atoms with E-state index in [1.165, 1.54) is 5.56 Å². The van der Waals surface area contributed by atoms with Crippen LogP contribution in [0.25, 0.3) is 0 Å². The summed E-state index contributed by atoms with van der Waals surface area (Å²) in [5.74, 6) is 5.36. The molecule has 4 nitrogen and oxygen atoms in total. The van der Waals surface area contributed by atoms with Crippen LogP contribution in [0.15, 0.2) is 12.4 Å². The lowest BCUT2D eigenvalue weighted by Crippen LogP contribution is -2.36. The molecule has 1 atom stereocenters. The van der Waals surface area contributed by atoms with Gasteiger partial charge in [-0.25, -0.2) is 0 Å². The number of nitrogens with two attached hydrogens (primary N) is 1. The zero-order valence-corrected chi connectivity index (χ0v) is 7.62. The number of nitrogens with one attached hydrogen (secondary N) is 1. The third kappa shape index (κ3) is 2.32. The van der Waals surface area contributed by atoms with Gasteiger partial charge in [0.15, 0.2) is 0 Å². The second-order valence-corrected chi connectivity index (χ2v) is 3.00. The van der Waals surface area contributed by atoms with Crippen LogP contribution >= 0.6 is 0 Å². The summed E-state index contributed by atoms with van der Waals surface area (Å²) < 4.78 is 1.80. The van der Waals surface area contributed by atoms with Crippen molar-refractivity contribution in [2.24, 2.45) is 12.9 Å². The van der Waals surface area contributed by atoms with Crippen molar-refractivity contribution in [2.75, 3.05) is 0 Å². The molecule has 0 aromatic carbocycles. The molecule has 0 aliphatic rings. The summed E-state index contributed by atoms with van der Waals surface area (Å²) in [4.78, 5) is 0. The molecule has 0 spiro atoms. The predicted molar refractivity (Wildman–Crippen MR) is 48.3 cm³/mol. The Kier molecular flexibility index (Phi) is 3.25. The maximum absolute atomic E-state index is 5.36. The lowest BCUT2D eigenvalue weighted by atomic mass is 10.1. The Balaban J connectivity index is 2.50. The molecule has 4 heteroatoms. The summed E-state index contributed by atoms with van der Waals surface area (Å²) in [6.45, 7) is 2.11. The molecule has 1 unspecified atom stereocenters. The van der Waals surface area contributed by atoms with Crippen molar-refractivity contribution in [2.45, 2.75) is 25.8 Å². The minimum Gasteiger partial charge on any atom is -0.276 e. The van der Waals surface area contributed by atoms with E-state index in [-0.39, 0.29) is 0 Å². The van der Waals surface area contributed by atoms with Gasteiger partial charge in [0, 0.05) is 19.3 Å². The van der Waals surface area contributed by atoms with Gasteiger partial charge < -0.3 is 0 Å². The van der Waals surface area contributed by atoms with Gasteiger partial charge in [0.1, 0.15) is 0 Å². The number of hydrogen-bond acceptors (Lipinski definition) is 3. The van der Waals surface area contributed by atoms with Gasteiger partial charge in [0.25, 0.3) is 0 Å². The maximum Gasteiger partial charge on any atom is 0.0522 e. The molecule has 0 aliphatic carbocycles. The Bertz CT molecular complexity index is 227. The number of nitrogens with zero attached hydrogens (tertiary/aromatic N) is 2. The highest BCUT2D eigenvalue weighted by molar-refractivity contribution is 5.05. The normalized spacial score (nSPS) is 13.2. The molecule has 1 rings (SSSR count). The fraction of sp³-hybridized carbons (Fsp3) is 0.625. The van der Waals surface area contributed by atoms with Crippen molar-refractivity contribution in [1.29, 1.82) is 0 Å². The smallest absolute Gasteiger partial charge is 0.0522 e. The van der Waals surface area contributed by atoms with E-state index >= 15 is 0 Å². The van der Waals surface area contributed by atoms with Crippen molar-refractivity contribution in [3.8, 4) is 0 Å². The van der Waals surface area contributed by atoms with Gasteiger partial charge in [0.05, 0.1) is 6.20 Å². The Morgan fingerprint density at radius 1 is 1.75 bits per heavy atom. The Morgan fingerprint density at radius 3 is 2.92 bits per heavy atom. The molecule has 1 heterocycles. The predicted octanol–water partition coefficient (Wildman–Crippen LogP) is 0.205. The molecule has 0 amide bonds. The highest BCUT2D eigenvalue weighted by atomic mass is 15.2. The number of aromatic nitrogens is 2. The van der Waals surface area contributed by atoms with Gasteiger partial charge in [-0.05, 0) is 18.4 Å². The molecule has 0 radical (unpaired) electrons. The van der Waals surface area contributed by atoms with E-state index in [2.05, 4.69) is 17.4 Å². The van der Waals surface area contributed by atoms with Gasteiger partial charge >= 0.3 is 0 Å². The highest BCUT2D eigenvalue weighted by Gasteiger charge is 2.05. The zero-order valence-electron chi connectivity index (χ0n) is 7.62. The van der Waals surface area contributed by atoms with Crippen LogP contribution in [0, 0.1) is 0 Å². The minimum absolute atomic E-state index is 0.356. The molecule has 0 saturated heterocycles. The number of hydrazine groups is 1. The summed E-state index contributed by atoms with van der Waals surface area (Å²) in [5.41, 5.74) is 4.00. The van der Waals surface area contributed by atoms with Crippen LogP contribution in [0.4, 0.5) is 0 Å². The van der Waals surface area contributed by atoms with Crippen LogP contribution in [-0.2, 0) is 13.5 Å². The van der Waals surface area contributed by atoms with Crippen molar-refractivity contribution in [1.82, 2.24) is 15.2 Å². The average molecular weight is 168 g/mol. The average Bonchev–Trinajstić information content (AvgIpc) is 2.47. The van der Waals surface area contributed by atoms with Crippen LogP contribution in [0.3, 0.4) is 0 Å². The molecular formula is C8H16N4. The first-order valence-electron chi connectivity index (χ1n) is 4.20. The van der Waals surface area contributed by atoms with Crippen LogP contribution in [0.2, 0.25) is 0 Å². The topological polar surface area (TPSA) is 55.9 Å². The second kappa shape index (κ2) is 4.23. The van der Waals surface area contributed by atoms with Gasteiger partial charge in [-0.2, -0.15) is 5.10 Å². The number of aryl methyl sites for hydroxylation is 1. The first kappa shape index (κ1) is 9.22. The fourth-order valence-corrected chi connectivity index (χ4v) is 1.18. The Labute approximate surface area is 72.7 Å². The zero-order chi connectivity index (χ0) is 8.97. The van der Waals surface area contributed by atoms with Crippen LogP contribution < -0.4 is 11.3 Å². The van der Waals surface area contributed by atoms with E-state index in [0.29, 0.717) is 6.04 Å². The molecule has 0 saturated carbocycles. The van der Waals surface area contributed by atoms with Crippen molar-refractivity contribution >= 4 is 0 Å². The van der Waals surface area contributed by atoms with Crippen LogP contribution in [0.5, 0.6) is 0 Å². The quantitative estimate of drug-likeness (QED) is 0.499. The van der Waals surface area contributed by atoms with Gasteiger partial charge in [-0.1, -0.05) is 6.92 Å². The molecule has 1 aromatic rings. The third-order valence-electron chi connectivity index (χ3n) is 1.97. The SMILES string of the molecule is CCC(Cc1cnn(C)c1)NN. The van der Waals surface area contributed by atoms with E-state index in [1.807, 2.05) is 19.4 Å². The van der Waals surface area contributed by atoms with E-state index in [1.54, 1.807) is 4.68 Å². The maximum atomic E-state index is 5.36. The first-order valence-corrected chi connectivity index (χ1v) is 4.20. The Morgan fingerprint density at radius 2 is 2.50 bits per heavy atom. The molecule has 3 N–H and O–H groups in total. The fourth-order valence-electron chi connectivity index (χ4n) is 1.18. The molecule has 0 fully saturated rings. The first-order chi connectivity index (χ1) is 5.76. The van der Waals surface area contributed by atoms with Gasteiger partial charge in [-0.3, -0.25) is 16.0 Å². The highest BCUT2D eigenvalue weighted by Crippen LogP contribution is 2.03. The Hall–Kier alpha value is -0.870. The monoisotopic (exact) mass is 168 g/mol. The van der Waals surface area contributed by atoms with Crippen molar-refractivity contribution < 1.29 is 0 Å². The van der Waals surface area contributed by atoms with E-state index < -0.39 is 0 Å². The summed E-state index contributed by atoms with van der Waals surface area (Å²) >= 11 is 0. The van der Waals surface area contributed by atoms with Crippen LogP contribution in [-0.4, -0.2) is 15.8 Å². The summed E-state index contributed by atoms with van der Waals surface area (Å²) in [5, 5.41) is 4.09. The molecule has 68 valence electrons. The van der Waals surface area contributed by atoms with Crippen molar-refractivity contribution in [3.05, 3.63) is 18.0 Å². The largest absolute Gasteiger partial charge is 0.276 e. The number of rotatable bonds is 4. The second-order valence-electron chi connectivity index (χ2n) is 3.00. The summed E-state index contributed by atoms with van der Waals surface area (Å²) in [6.07, 6.45) is 5.87. The van der Waals surface area contributed by atoms with E-state index in [0.717, 1.165) is 12.8 Å². The van der Waals surface area contributed by atoms with E-state index in [9.17, 15) is 0 Å². The minimum atomic E-state index is 0.356.